The van der Waals surface area contributed by atoms with Gasteiger partial charge in [0.15, 0.2) is 34.9 Å². The standard InChI is InChI=1S/C33H30BN3O2.C27H18BrN3/c1-32(2)33(3,4)39-34(38-32)28-20-12-18-26(22-28)25-17-11-19-27(21-25)31-36-29(23-13-7-5-8-14-23)35-30(37-31)24-15-9-6-10-16-24;28-24-16-8-14-22(18-24)21-13-7-15-23(17-21)27-30-25(19-9-3-1-4-10-19)29-26(31-27)20-11-5-2-6-12-20/h5-22H,1-4H3;1-18H. The highest BCUT2D eigenvalue weighted by atomic mass is 79.9. The van der Waals surface area contributed by atoms with Crippen LogP contribution in [0.2, 0.25) is 0 Å². The van der Waals surface area contributed by atoms with Crippen LogP contribution in [0.15, 0.2) is 223 Å². The van der Waals surface area contributed by atoms with E-state index >= 15 is 0 Å². The monoisotopic (exact) mass is 974 g/mol. The predicted octanol–water partition coefficient (Wildman–Crippen LogP) is 14.1. The molecule has 1 aliphatic rings. The zero-order valence-corrected chi connectivity index (χ0v) is 40.8. The molecule has 0 aliphatic carbocycles. The van der Waals surface area contributed by atoms with Gasteiger partial charge in [-0.25, -0.2) is 29.9 Å². The molecule has 8 nitrogen and oxygen atoms in total. The molecule has 0 radical (unpaired) electrons. The molecule has 10 aromatic rings. The summed E-state index contributed by atoms with van der Waals surface area (Å²) in [6.45, 7) is 8.29. The Morgan fingerprint density at radius 2 is 0.571 bits per heavy atom. The van der Waals surface area contributed by atoms with Gasteiger partial charge in [-0.1, -0.05) is 210 Å². The van der Waals surface area contributed by atoms with E-state index in [0.29, 0.717) is 34.9 Å². The van der Waals surface area contributed by atoms with E-state index in [1.807, 2.05) is 164 Å². The SMILES string of the molecule is Brc1cccc(-c2cccc(-c3nc(-c4ccccc4)nc(-c4ccccc4)n3)c2)c1.CC1(C)OB(c2cccc(-c3cccc(-c4nc(-c5ccccc5)nc(-c5ccccc5)n4)c3)c2)OC1(C)C. The lowest BCUT2D eigenvalue weighted by Gasteiger charge is -2.32. The summed E-state index contributed by atoms with van der Waals surface area (Å²) in [5.41, 5.74) is 10.3. The molecule has 1 aliphatic heterocycles. The van der Waals surface area contributed by atoms with Crippen molar-refractivity contribution in [2.75, 3.05) is 0 Å². The number of benzene rings is 8. The lowest BCUT2D eigenvalue weighted by molar-refractivity contribution is 0.00578. The number of nitrogens with zero attached hydrogens (tertiary/aromatic N) is 6. The molecule has 3 heterocycles. The van der Waals surface area contributed by atoms with Crippen LogP contribution in [0.1, 0.15) is 27.7 Å². The van der Waals surface area contributed by atoms with E-state index in [9.17, 15) is 0 Å². The average Bonchev–Trinajstić information content (AvgIpc) is 3.65. The van der Waals surface area contributed by atoms with E-state index in [-0.39, 0.29) is 11.2 Å². The van der Waals surface area contributed by atoms with E-state index in [0.717, 1.165) is 65.6 Å². The number of aromatic nitrogens is 6. The Bertz CT molecular complexity index is 3280. The second-order valence-electron chi connectivity index (χ2n) is 18.0. The van der Waals surface area contributed by atoms with Gasteiger partial charge in [-0.05, 0) is 79.7 Å². The average molecular weight is 976 g/mol. The van der Waals surface area contributed by atoms with Crippen LogP contribution in [-0.4, -0.2) is 48.2 Å². The highest BCUT2D eigenvalue weighted by Crippen LogP contribution is 2.37. The maximum absolute atomic E-state index is 6.30. The molecular weight excluding hydrogens is 927 g/mol. The summed E-state index contributed by atoms with van der Waals surface area (Å²) in [5, 5.41) is 0. The zero-order valence-electron chi connectivity index (χ0n) is 39.2. The van der Waals surface area contributed by atoms with Crippen molar-refractivity contribution in [3.8, 4) is 90.6 Å². The van der Waals surface area contributed by atoms with Crippen molar-refractivity contribution in [3.05, 3.63) is 223 Å². The van der Waals surface area contributed by atoms with Gasteiger partial charge in [0, 0.05) is 37.9 Å². The minimum absolute atomic E-state index is 0.390. The van der Waals surface area contributed by atoms with Crippen LogP contribution in [0, 0.1) is 0 Å². The fourth-order valence-electron chi connectivity index (χ4n) is 8.06. The number of halogens is 1. The molecule has 11 rings (SSSR count). The smallest absolute Gasteiger partial charge is 0.399 e. The van der Waals surface area contributed by atoms with E-state index in [2.05, 4.69) is 98.2 Å². The van der Waals surface area contributed by atoms with Crippen molar-refractivity contribution in [2.45, 2.75) is 38.9 Å². The van der Waals surface area contributed by atoms with Crippen molar-refractivity contribution in [1.82, 2.24) is 29.9 Å². The quantitative estimate of drug-likeness (QED) is 0.132. The second kappa shape index (κ2) is 20.1. The first-order valence-electron chi connectivity index (χ1n) is 23.2. The number of hydrogen-bond donors (Lipinski definition) is 0. The van der Waals surface area contributed by atoms with Gasteiger partial charge in [-0.15, -0.1) is 0 Å². The Kier molecular flexibility index (Phi) is 13.2. The van der Waals surface area contributed by atoms with Gasteiger partial charge < -0.3 is 9.31 Å². The lowest BCUT2D eigenvalue weighted by Crippen LogP contribution is -2.41. The van der Waals surface area contributed by atoms with Crippen LogP contribution >= 0.6 is 15.9 Å². The van der Waals surface area contributed by atoms with Crippen molar-refractivity contribution < 1.29 is 9.31 Å². The zero-order chi connectivity index (χ0) is 48.1. The van der Waals surface area contributed by atoms with Crippen LogP contribution < -0.4 is 5.46 Å². The highest BCUT2D eigenvalue weighted by Gasteiger charge is 2.51. The Balaban J connectivity index is 0.000000166. The van der Waals surface area contributed by atoms with Crippen molar-refractivity contribution in [2.24, 2.45) is 0 Å². The molecule has 10 heteroatoms. The molecule has 340 valence electrons. The molecule has 0 saturated carbocycles. The van der Waals surface area contributed by atoms with Crippen molar-refractivity contribution in [3.63, 3.8) is 0 Å². The van der Waals surface area contributed by atoms with Gasteiger partial charge >= 0.3 is 7.12 Å². The summed E-state index contributed by atoms with van der Waals surface area (Å²) in [5.74, 6) is 3.91. The summed E-state index contributed by atoms with van der Waals surface area (Å²) in [6, 6.07) is 73.3. The molecule has 0 N–H and O–H groups in total. The Hall–Kier alpha value is -7.76. The first-order valence-corrected chi connectivity index (χ1v) is 24.0. The van der Waals surface area contributed by atoms with Crippen LogP contribution in [0.5, 0.6) is 0 Å². The van der Waals surface area contributed by atoms with Gasteiger partial charge in [0.05, 0.1) is 11.2 Å². The van der Waals surface area contributed by atoms with Crippen LogP contribution in [0.3, 0.4) is 0 Å². The molecule has 8 aromatic carbocycles. The van der Waals surface area contributed by atoms with Gasteiger partial charge in [0.25, 0.3) is 0 Å². The largest absolute Gasteiger partial charge is 0.494 e. The summed E-state index contributed by atoms with van der Waals surface area (Å²) in [4.78, 5) is 29.0. The van der Waals surface area contributed by atoms with E-state index in [4.69, 9.17) is 39.2 Å². The fraction of sp³-hybridized carbons (Fsp3) is 0.100. The first-order chi connectivity index (χ1) is 34.0. The van der Waals surface area contributed by atoms with Gasteiger partial charge in [0.1, 0.15) is 0 Å². The minimum Gasteiger partial charge on any atom is -0.399 e. The highest BCUT2D eigenvalue weighted by molar-refractivity contribution is 9.10. The summed E-state index contributed by atoms with van der Waals surface area (Å²) >= 11 is 3.56. The van der Waals surface area contributed by atoms with Crippen molar-refractivity contribution >= 4 is 28.5 Å². The molecule has 2 aromatic heterocycles. The Morgan fingerprint density at radius 1 is 0.300 bits per heavy atom. The Morgan fingerprint density at radius 3 is 0.929 bits per heavy atom. The normalized spacial score (nSPS) is 13.6. The summed E-state index contributed by atoms with van der Waals surface area (Å²) in [7, 11) is -0.413. The number of hydrogen-bond acceptors (Lipinski definition) is 8. The molecule has 0 atom stereocenters. The molecule has 1 saturated heterocycles. The summed E-state index contributed by atoms with van der Waals surface area (Å²) < 4.78 is 13.6. The molecule has 70 heavy (non-hydrogen) atoms. The lowest BCUT2D eigenvalue weighted by atomic mass is 9.78. The maximum Gasteiger partial charge on any atom is 0.494 e. The van der Waals surface area contributed by atoms with Crippen LogP contribution in [-0.2, 0) is 9.31 Å². The fourth-order valence-corrected chi connectivity index (χ4v) is 8.46. The topological polar surface area (TPSA) is 95.8 Å². The Labute approximate surface area is 417 Å². The second-order valence-corrected chi connectivity index (χ2v) is 18.9. The van der Waals surface area contributed by atoms with E-state index in [1.165, 1.54) is 0 Å². The maximum atomic E-state index is 6.30. The van der Waals surface area contributed by atoms with E-state index in [1.54, 1.807) is 0 Å². The third-order valence-corrected chi connectivity index (χ3v) is 13.0. The first kappa shape index (κ1) is 46.0. The molecule has 1 fully saturated rings. The third-order valence-electron chi connectivity index (χ3n) is 12.5. The molecule has 0 amide bonds. The summed E-state index contributed by atoms with van der Waals surface area (Å²) in [6.07, 6.45) is 0. The minimum atomic E-state index is -0.413. The number of rotatable bonds is 9. The molecule has 0 unspecified atom stereocenters. The molecule has 0 bridgehead atoms. The van der Waals surface area contributed by atoms with Crippen LogP contribution in [0.4, 0.5) is 0 Å². The van der Waals surface area contributed by atoms with E-state index < -0.39 is 7.12 Å². The van der Waals surface area contributed by atoms with Gasteiger partial charge in [-0.3, -0.25) is 0 Å². The molecule has 0 spiro atoms. The van der Waals surface area contributed by atoms with Crippen molar-refractivity contribution in [1.29, 1.82) is 0 Å². The van der Waals surface area contributed by atoms with Gasteiger partial charge in [0.2, 0.25) is 0 Å². The van der Waals surface area contributed by atoms with Crippen LogP contribution in [0.25, 0.3) is 90.6 Å². The predicted molar refractivity (Wildman–Crippen MR) is 287 cm³/mol. The molecular formula is C60H48BBrN6O2. The third kappa shape index (κ3) is 10.3. The van der Waals surface area contributed by atoms with Gasteiger partial charge in [-0.2, -0.15) is 0 Å².